The van der Waals surface area contributed by atoms with Gasteiger partial charge < -0.3 is 4.90 Å². The number of hydrogen-bond acceptors (Lipinski definition) is 3. The standard InChI is InChI=1S/C5H12N2O.ClH/c1-7-3-2-5(4-7)8-6;/h5H,2-4,6H2,1H3;1H/t5-;/m0./s1. The third-order valence-electron chi connectivity index (χ3n) is 1.54. The van der Waals surface area contributed by atoms with Gasteiger partial charge in [-0.25, -0.2) is 5.90 Å². The molecular weight excluding hydrogens is 140 g/mol. The molecule has 0 bridgehead atoms. The number of halogens is 1. The highest BCUT2D eigenvalue weighted by Crippen LogP contribution is 2.07. The fourth-order valence-electron chi connectivity index (χ4n) is 1.01. The molecule has 0 unspecified atom stereocenters. The number of hydrogen-bond donors (Lipinski definition) is 1. The molecule has 0 spiro atoms. The van der Waals surface area contributed by atoms with E-state index >= 15 is 0 Å². The second-order valence-corrected chi connectivity index (χ2v) is 2.31. The van der Waals surface area contributed by atoms with Crippen molar-refractivity contribution in [3.05, 3.63) is 0 Å². The lowest BCUT2D eigenvalue weighted by Gasteiger charge is -2.05. The molecule has 4 heteroatoms. The van der Waals surface area contributed by atoms with Crippen molar-refractivity contribution in [1.29, 1.82) is 0 Å². The summed E-state index contributed by atoms with van der Waals surface area (Å²) in [6.07, 6.45) is 1.35. The average molecular weight is 153 g/mol. The predicted octanol–water partition coefficient (Wildman–Crippen LogP) is 0.00260. The number of nitrogens with two attached hydrogens (primary N) is 1. The van der Waals surface area contributed by atoms with E-state index in [1.807, 2.05) is 0 Å². The smallest absolute Gasteiger partial charge is 0.0925 e. The van der Waals surface area contributed by atoms with Gasteiger partial charge in [0.05, 0.1) is 6.10 Å². The topological polar surface area (TPSA) is 38.5 Å². The van der Waals surface area contributed by atoms with Gasteiger partial charge >= 0.3 is 0 Å². The molecule has 0 aliphatic carbocycles. The molecule has 56 valence electrons. The van der Waals surface area contributed by atoms with Crippen LogP contribution in [0.15, 0.2) is 0 Å². The van der Waals surface area contributed by atoms with Crippen LogP contribution < -0.4 is 5.90 Å². The lowest BCUT2D eigenvalue weighted by molar-refractivity contribution is 0.0614. The summed E-state index contributed by atoms with van der Waals surface area (Å²) in [5.74, 6) is 4.97. The molecule has 2 N–H and O–H groups in total. The third kappa shape index (κ3) is 2.49. The van der Waals surface area contributed by atoms with Crippen LogP contribution in [-0.2, 0) is 4.84 Å². The fraction of sp³-hybridized carbons (Fsp3) is 1.00. The first-order chi connectivity index (χ1) is 3.83. The van der Waals surface area contributed by atoms with E-state index in [0.29, 0.717) is 0 Å². The molecule has 1 aliphatic heterocycles. The molecule has 3 nitrogen and oxygen atoms in total. The van der Waals surface area contributed by atoms with Crippen molar-refractivity contribution in [2.45, 2.75) is 12.5 Å². The van der Waals surface area contributed by atoms with E-state index < -0.39 is 0 Å². The minimum atomic E-state index is 0. The molecule has 1 fully saturated rings. The molecule has 0 aromatic heterocycles. The lowest BCUT2D eigenvalue weighted by atomic mass is 10.3. The maximum absolute atomic E-state index is 4.97. The van der Waals surface area contributed by atoms with E-state index in [4.69, 9.17) is 5.90 Å². The van der Waals surface area contributed by atoms with Gasteiger partial charge in [-0.05, 0) is 13.5 Å². The molecule has 1 rings (SSSR count). The van der Waals surface area contributed by atoms with E-state index in [1.54, 1.807) is 0 Å². The summed E-state index contributed by atoms with van der Waals surface area (Å²) in [4.78, 5) is 6.85. The van der Waals surface area contributed by atoms with E-state index in [-0.39, 0.29) is 18.5 Å². The Morgan fingerprint density at radius 3 is 2.56 bits per heavy atom. The zero-order valence-corrected chi connectivity index (χ0v) is 6.36. The van der Waals surface area contributed by atoms with Gasteiger partial charge in [0.15, 0.2) is 0 Å². The van der Waals surface area contributed by atoms with E-state index in [0.717, 1.165) is 19.5 Å². The minimum Gasteiger partial charge on any atom is -0.304 e. The Morgan fingerprint density at radius 2 is 2.33 bits per heavy atom. The van der Waals surface area contributed by atoms with Crippen LogP contribution in [0.25, 0.3) is 0 Å². The Bertz CT molecular complexity index is 81.4. The van der Waals surface area contributed by atoms with Crippen LogP contribution in [0.5, 0.6) is 0 Å². The maximum Gasteiger partial charge on any atom is 0.0925 e. The maximum atomic E-state index is 4.97. The normalized spacial score (nSPS) is 28.0. The molecule has 0 saturated carbocycles. The first-order valence-electron chi connectivity index (χ1n) is 2.87. The van der Waals surface area contributed by atoms with Gasteiger partial charge in [-0.15, -0.1) is 12.4 Å². The van der Waals surface area contributed by atoms with Crippen LogP contribution in [0.4, 0.5) is 0 Å². The molecule has 1 aliphatic rings. The zero-order chi connectivity index (χ0) is 5.98. The van der Waals surface area contributed by atoms with E-state index in [2.05, 4.69) is 16.8 Å². The Morgan fingerprint density at radius 1 is 1.67 bits per heavy atom. The Kier molecular flexibility index (Phi) is 4.14. The molecule has 9 heavy (non-hydrogen) atoms. The second kappa shape index (κ2) is 4.06. The summed E-state index contributed by atoms with van der Waals surface area (Å²) in [6.45, 7) is 2.10. The molecule has 0 amide bonds. The van der Waals surface area contributed by atoms with Gasteiger partial charge in [0.2, 0.25) is 0 Å². The molecule has 1 atom stereocenters. The van der Waals surface area contributed by atoms with Gasteiger partial charge in [0, 0.05) is 13.1 Å². The number of likely N-dealkylation sites (tertiary alicyclic amines) is 1. The largest absolute Gasteiger partial charge is 0.304 e. The molecular formula is C5H13ClN2O. The molecule has 1 saturated heterocycles. The van der Waals surface area contributed by atoms with Crippen molar-refractivity contribution in [3.63, 3.8) is 0 Å². The van der Waals surface area contributed by atoms with Crippen molar-refractivity contribution in [2.75, 3.05) is 20.1 Å². The van der Waals surface area contributed by atoms with Crippen LogP contribution in [0.2, 0.25) is 0 Å². The summed E-state index contributed by atoms with van der Waals surface area (Å²) in [5.41, 5.74) is 0. The Hall–Kier alpha value is 0.170. The van der Waals surface area contributed by atoms with E-state index in [9.17, 15) is 0 Å². The van der Waals surface area contributed by atoms with Gasteiger partial charge in [-0.2, -0.15) is 0 Å². The highest BCUT2D eigenvalue weighted by atomic mass is 35.5. The van der Waals surface area contributed by atoms with Crippen LogP contribution in [-0.4, -0.2) is 31.1 Å². The van der Waals surface area contributed by atoms with Crippen molar-refractivity contribution in [1.82, 2.24) is 4.90 Å². The molecule has 1 heterocycles. The van der Waals surface area contributed by atoms with Gasteiger partial charge in [0.25, 0.3) is 0 Å². The van der Waals surface area contributed by atoms with E-state index in [1.165, 1.54) is 0 Å². The molecule has 0 aromatic carbocycles. The van der Waals surface area contributed by atoms with Crippen molar-refractivity contribution in [2.24, 2.45) is 5.90 Å². The zero-order valence-electron chi connectivity index (χ0n) is 5.54. The minimum absolute atomic E-state index is 0. The lowest BCUT2D eigenvalue weighted by Crippen LogP contribution is -2.21. The summed E-state index contributed by atoms with van der Waals surface area (Å²) >= 11 is 0. The Labute approximate surface area is 61.5 Å². The van der Waals surface area contributed by atoms with Crippen molar-refractivity contribution >= 4 is 12.4 Å². The van der Waals surface area contributed by atoms with Crippen molar-refractivity contribution < 1.29 is 4.84 Å². The van der Waals surface area contributed by atoms with Gasteiger partial charge in [0.1, 0.15) is 0 Å². The van der Waals surface area contributed by atoms with Gasteiger partial charge in [-0.1, -0.05) is 0 Å². The van der Waals surface area contributed by atoms with Crippen LogP contribution in [0.3, 0.4) is 0 Å². The van der Waals surface area contributed by atoms with Crippen LogP contribution >= 0.6 is 12.4 Å². The van der Waals surface area contributed by atoms with Crippen LogP contribution in [0.1, 0.15) is 6.42 Å². The first-order valence-corrected chi connectivity index (χ1v) is 2.87. The molecule has 0 aromatic rings. The first kappa shape index (κ1) is 9.17. The summed E-state index contributed by atoms with van der Waals surface area (Å²) < 4.78 is 0. The second-order valence-electron chi connectivity index (χ2n) is 2.31. The monoisotopic (exact) mass is 152 g/mol. The van der Waals surface area contributed by atoms with Gasteiger partial charge in [-0.3, -0.25) is 4.84 Å². The number of rotatable bonds is 1. The predicted molar refractivity (Wildman–Crippen MR) is 38.4 cm³/mol. The highest BCUT2D eigenvalue weighted by molar-refractivity contribution is 5.85. The average Bonchev–Trinajstić information content (AvgIpc) is 2.14. The quantitative estimate of drug-likeness (QED) is 0.538. The summed E-state index contributed by atoms with van der Waals surface area (Å²) in [7, 11) is 2.07. The number of likely N-dealkylation sites (N-methyl/N-ethyl adjacent to an activating group) is 1. The highest BCUT2D eigenvalue weighted by Gasteiger charge is 2.18. The molecule has 0 radical (unpaired) electrons. The Balaban J connectivity index is 0.000000640. The summed E-state index contributed by atoms with van der Waals surface area (Å²) in [6, 6.07) is 0. The third-order valence-corrected chi connectivity index (χ3v) is 1.54. The summed E-state index contributed by atoms with van der Waals surface area (Å²) in [5, 5.41) is 0. The number of nitrogens with zero attached hydrogens (tertiary/aromatic N) is 1. The SMILES string of the molecule is CN1CC[C@H](ON)C1.Cl. The van der Waals surface area contributed by atoms with Crippen molar-refractivity contribution in [3.8, 4) is 0 Å². The fourth-order valence-corrected chi connectivity index (χ4v) is 1.01. The van der Waals surface area contributed by atoms with Crippen LogP contribution in [0, 0.1) is 0 Å².